The second-order valence-electron chi connectivity index (χ2n) is 5.89. The molecule has 0 bridgehead atoms. The molecule has 0 atom stereocenters. The summed E-state index contributed by atoms with van der Waals surface area (Å²) in [6, 6.07) is 5.41. The van der Waals surface area contributed by atoms with E-state index in [4.69, 9.17) is 9.47 Å². The van der Waals surface area contributed by atoms with Crippen molar-refractivity contribution in [2.45, 2.75) is 6.42 Å². The Hall–Kier alpha value is -2.87. The molecule has 0 aliphatic heterocycles. The van der Waals surface area contributed by atoms with Crippen LogP contribution in [0.15, 0.2) is 30.6 Å². The van der Waals surface area contributed by atoms with E-state index in [9.17, 15) is 4.79 Å². The van der Waals surface area contributed by atoms with Crippen LogP contribution in [0.3, 0.4) is 0 Å². The number of anilines is 2. The summed E-state index contributed by atoms with van der Waals surface area (Å²) < 4.78 is 10.5. The zero-order chi connectivity index (χ0) is 18.9. The van der Waals surface area contributed by atoms with Crippen LogP contribution in [-0.2, 0) is 0 Å². The number of hydrogen-bond acceptors (Lipinski definition) is 7. The van der Waals surface area contributed by atoms with E-state index in [1.165, 1.54) is 12.4 Å². The van der Waals surface area contributed by atoms with Crippen molar-refractivity contribution in [2.75, 3.05) is 46.7 Å². The highest BCUT2D eigenvalue weighted by Gasteiger charge is 2.09. The first-order chi connectivity index (χ1) is 12.5. The third-order valence-corrected chi connectivity index (χ3v) is 3.62. The van der Waals surface area contributed by atoms with Gasteiger partial charge in [0, 0.05) is 12.6 Å². The number of carbonyl (C=O) groups excluding carboxylic acids is 1. The van der Waals surface area contributed by atoms with Crippen molar-refractivity contribution in [3.8, 4) is 11.5 Å². The Morgan fingerprint density at radius 2 is 1.96 bits per heavy atom. The van der Waals surface area contributed by atoms with Crippen molar-refractivity contribution in [1.29, 1.82) is 0 Å². The largest absolute Gasteiger partial charge is 0.497 e. The monoisotopic (exact) mass is 359 g/mol. The van der Waals surface area contributed by atoms with Crippen LogP contribution < -0.4 is 20.1 Å². The lowest BCUT2D eigenvalue weighted by Crippen LogP contribution is -2.27. The standard InChI is InChI=1S/C18H25N5O3/c1-23(2)9-5-8-19-18(24)15-11-21-17(12-20-15)22-14-7-6-13(25-3)10-16(14)26-4/h6-7,10-12H,5,8-9H2,1-4H3,(H,19,24)(H,21,22). The summed E-state index contributed by atoms with van der Waals surface area (Å²) >= 11 is 0. The Kier molecular flexibility index (Phi) is 7.16. The van der Waals surface area contributed by atoms with Gasteiger partial charge in [-0.1, -0.05) is 0 Å². The maximum atomic E-state index is 12.0. The topological polar surface area (TPSA) is 88.6 Å². The van der Waals surface area contributed by atoms with Gasteiger partial charge < -0.3 is 25.0 Å². The van der Waals surface area contributed by atoms with Crippen molar-refractivity contribution in [2.24, 2.45) is 0 Å². The van der Waals surface area contributed by atoms with Crippen molar-refractivity contribution in [3.05, 3.63) is 36.3 Å². The summed E-state index contributed by atoms with van der Waals surface area (Å²) in [5, 5.41) is 5.95. The number of nitrogens with one attached hydrogen (secondary N) is 2. The quantitative estimate of drug-likeness (QED) is 0.661. The molecule has 1 heterocycles. The number of hydrogen-bond donors (Lipinski definition) is 2. The molecule has 2 N–H and O–H groups in total. The van der Waals surface area contributed by atoms with Gasteiger partial charge in [0.15, 0.2) is 0 Å². The van der Waals surface area contributed by atoms with Crippen LogP contribution in [-0.4, -0.2) is 62.2 Å². The lowest BCUT2D eigenvalue weighted by molar-refractivity contribution is 0.0947. The molecule has 8 heteroatoms. The lowest BCUT2D eigenvalue weighted by Gasteiger charge is -2.12. The highest BCUT2D eigenvalue weighted by molar-refractivity contribution is 5.92. The first-order valence-electron chi connectivity index (χ1n) is 8.27. The van der Waals surface area contributed by atoms with E-state index in [0.29, 0.717) is 23.9 Å². The summed E-state index contributed by atoms with van der Waals surface area (Å²) in [5.41, 5.74) is 1.01. The van der Waals surface area contributed by atoms with Gasteiger partial charge in [-0.05, 0) is 39.2 Å². The van der Waals surface area contributed by atoms with Gasteiger partial charge in [0.2, 0.25) is 0 Å². The van der Waals surface area contributed by atoms with Gasteiger partial charge in [-0.2, -0.15) is 0 Å². The van der Waals surface area contributed by atoms with Crippen LogP contribution >= 0.6 is 0 Å². The second-order valence-corrected chi connectivity index (χ2v) is 5.89. The van der Waals surface area contributed by atoms with E-state index in [1.807, 2.05) is 26.2 Å². The Labute approximate surface area is 153 Å². The fourth-order valence-corrected chi connectivity index (χ4v) is 2.24. The second kappa shape index (κ2) is 9.57. The molecular formula is C18H25N5O3. The fraction of sp³-hybridized carbons (Fsp3) is 0.389. The average Bonchev–Trinajstić information content (AvgIpc) is 2.65. The molecule has 140 valence electrons. The van der Waals surface area contributed by atoms with Gasteiger partial charge in [-0.15, -0.1) is 0 Å². The fourth-order valence-electron chi connectivity index (χ4n) is 2.24. The maximum absolute atomic E-state index is 12.0. The number of nitrogens with zero attached hydrogens (tertiary/aromatic N) is 3. The van der Waals surface area contributed by atoms with Gasteiger partial charge in [-0.3, -0.25) is 4.79 Å². The van der Waals surface area contributed by atoms with Crippen LogP contribution in [0.25, 0.3) is 0 Å². The van der Waals surface area contributed by atoms with Crippen molar-refractivity contribution in [1.82, 2.24) is 20.2 Å². The summed E-state index contributed by atoms with van der Waals surface area (Å²) in [4.78, 5) is 22.5. The van der Waals surface area contributed by atoms with Gasteiger partial charge in [-0.25, -0.2) is 9.97 Å². The minimum Gasteiger partial charge on any atom is -0.497 e. The van der Waals surface area contributed by atoms with Gasteiger partial charge in [0.1, 0.15) is 23.0 Å². The van der Waals surface area contributed by atoms with Crippen LogP contribution in [0.2, 0.25) is 0 Å². The molecule has 0 unspecified atom stereocenters. The molecule has 1 aromatic carbocycles. The molecule has 0 saturated heterocycles. The van der Waals surface area contributed by atoms with Gasteiger partial charge in [0.25, 0.3) is 5.91 Å². The molecule has 0 saturated carbocycles. The zero-order valence-corrected chi connectivity index (χ0v) is 15.6. The predicted molar refractivity (Wildman–Crippen MR) is 100 cm³/mol. The summed E-state index contributed by atoms with van der Waals surface area (Å²) in [5.74, 6) is 1.59. The van der Waals surface area contributed by atoms with E-state index >= 15 is 0 Å². The lowest BCUT2D eigenvalue weighted by atomic mass is 10.2. The minimum absolute atomic E-state index is 0.232. The van der Waals surface area contributed by atoms with E-state index in [2.05, 4.69) is 25.5 Å². The molecule has 1 aromatic heterocycles. The molecule has 26 heavy (non-hydrogen) atoms. The Balaban J connectivity index is 1.96. The summed E-state index contributed by atoms with van der Waals surface area (Å²) in [7, 11) is 7.17. The third kappa shape index (κ3) is 5.59. The van der Waals surface area contributed by atoms with E-state index in [0.717, 1.165) is 18.7 Å². The number of ether oxygens (including phenoxy) is 2. The Bertz CT molecular complexity index is 719. The van der Waals surface area contributed by atoms with E-state index < -0.39 is 0 Å². The van der Waals surface area contributed by atoms with Crippen molar-refractivity contribution in [3.63, 3.8) is 0 Å². The normalized spacial score (nSPS) is 10.5. The molecule has 0 aliphatic carbocycles. The zero-order valence-electron chi connectivity index (χ0n) is 15.6. The third-order valence-electron chi connectivity index (χ3n) is 3.62. The number of carbonyl (C=O) groups is 1. The van der Waals surface area contributed by atoms with Crippen LogP contribution in [0.5, 0.6) is 11.5 Å². The first-order valence-corrected chi connectivity index (χ1v) is 8.27. The first kappa shape index (κ1) is 19.5. The van der Waals surface area contributed by atoms with E-state index in [-0.39, 0.29) is 11.6 Å². The maximum Gasteiger partial charge on any atom is 0.271 e. The average molecular weight is 359 g/mol. The SMILES string of the molecule is COc1ccc(Nc2cnc(C(=O)NCCCN(C)C)cn2)c(OC)c1. The van der Waals surface area contributed by atoms with Crippen LogP contribution in [0.4, 0.5) is 11.5 Å². The Morgan fingerprint density at radius 3 is 2.58 bits per heavy atom. The highest BCUT2D eigenvalue weighted by Crippen LogP contribution is 2.30. The van der Waals surface area contributed by atoms with Gasteiger partial charge >= 0.3 is 0 Å². The highest BCUT2D eigenvalue weighted by atomic mass is 16.5. The molecule has 0 radical (unpaired) electrons. The summed E-state index contributed by atoms with van der Waals surface area (Å²) in [6.45, 7) is 1.51. The van der Waals surface area contributed by atoms with Gasteiger partial charge in [0.05, 0.1) is 32.3 Å². The molecule has 1 amide bonds. The number of amides is 1. The molecule has 2 rings (SSSR count). The molecule has 0 fully saturated rings. The molecule has 0 spiro atoms. The minimum atomic E-state index is -0.232. The number of benzene rings is 1. The number of methoxy groups -OCH3 is 2. The smallest absolute Gasteiger partial charge is 0.271 e. The molecule has 8 nitrogen and oxygen atoms in total. The van der Waals surface area contributed by atoms with Crippen LogP contribution in [0, 0.1) is 0 Å². The predicted octanol–water partition coefficient (Wildman–Crippen LogP) is 1.92. The molecular weight excluding hydrogens is 334 g/mol. The number of aromatic nitrogens is 2. The Morgan fingerprint density at radius 1 is 1.15 bits per heavy atom. The van der Waals surface area contributed by atoms with E-state index in [1.54, 1.807) is 20.3 Å². The van der Waals surface area contributed by atoms with Crippen molar-refractivity contribution >= 4 is 17.4 Å². The molecule has 0 aliphatic rings. The molecule has 2 aromatic rings. The summed E-state index contributed by atoms with van der Waals surface area (Å²) in [6.07, 6.45) is 3.83. The van der Waals surface area contributed by atoms with Crippen molar-refractivity contribution < 1.29 is 14.3 Å². The number of rotatable bonds is 9. The van der Waals surface area contributed by atoms with Crippen LogP contribution in [0.1, 0.15) is 16.9 Å².